The molecule has 2 N–H and O–H groups in total. The lowest BCUT2D eigenvalue weighted by molar-refractivity contribution is -0.131. The Morgan fingerprint density at radius 2 is 2.47 bits per heavy atom. The number of nitrogens with zero attached hydrogens (tertiary/aromatic N) is 1. The first-order valence-corrected chi connectivity index (χ1v) is 7.13. The normalized spacial score (nSPS) is 18.8. The fraction of sp³-hybridized carbons (Fsp3) is 0.615. The Kier molecular flexibility index (Phi) is 4.18. The van der Waals surface area contributed by atoms with Crippen molar-refractivity contribution in [3.05, 3.63) is 21.9 Å². The van der Waals surface area contributed by atoms with Crippen molar-refractivity contribution in [2.45, 2.75) is 31.6 Å². The summed E-state index contributed by atoms with van der Waals surface area (Å²) in [5, 5.41) is 2.11. The number of hydrogen-bond acceptors (Lipinski definition) is 3. The predicted molar refractivity (Wildman–Crippen MR) is 71.3 cm³/mol. The largest absolute Gasteiger partial charge is 0.345 e. The lowest BCUT2D eigenvalue weighted by Crippen LogP contribution is -2.34. The highest BCUT2D eigenvalue weighted by Crippen LogP contribution is 2.35. The van der Waals surface area contributed by atoms with E-state index in [1.165, 1.54) is 10.4 Å². The van der Waals surface area contributed by atoms with Crippen molar-refractivity contribution in [3.8, 4) is 0 Å². The summed E-state index contributed by atoms with van der Waals surface area (Å²) in [7, 11) is 1.89. The topological polar surface area (TPSA) is 46.3 Å². The third kappa shape index (κ3) is 2.69. The van der Waals surface area contributed by atoms with E-state index in [0.717, 1.165) is 32.2 Å². The van der Waals surface area contributed by atoms with Crippen LogP contribution in [-0.4, -0.2) is 30.9 Å². The summed E-state index contributed by atoms with van der Waals surface area (Å²) in [4.78, 5) is 15.6. The van der Waals surface area contributed by atoms with E-state index in [1.807, 2.05) is 11.9 Å². The molecule has 4 heteroatoms. The van der Waals surface area contributed by atoms with Crippen molar-refractivity contribution in [1.82, 2.24) is 4.90 Å². The van der Waals surface area contributed by atoms with Gasteiger partial charge in [0.1, 0.15) is 0 Å². The average molecular weight is 252 g/mol. The maximum absolute atomic E-state index is 12.4. The molecule has 1 amide bonds. The first-order valence-electron chi connectivity index (χ1n) is 6.25. The molecular formula is C13H20N2OS. The second-order valence-corrected chi connectivity index (χ2v) is 5.65. The molecule has 0 bridgehead atoms. The molecule has 17 heavy (non-hydrogen) atoms. The van der Waals surface area contributed by atoms with E-state index >= 15 is 0 Å². The number of carbonyl (C=O) groups is 1. The second kappa shape index (κ2) is 5.65. The minimum atomic E-state index is 0.0905. The first-order chi connectivity index (χ1) is 8.24. The molecule has 1 aromatic rings. The molecule has 1 aliphatic carbocycles. The molecule has 0 saturated carbocycles. The van der Waals surface area contributed by atoms with Crippen LogP contribution in [0, 0.1) is 0 Å². The predicted octanol–water partition coefficient (Wildman–Crippen LogP) is 1.98. The maximum Gasteiger partial charge on any atom is 0.229 e. The van der Waals surface area contributed by atoms with Crippen LogP contribution in [-0.2, 0) is 11.2 Å². The Morgan fingerprint density at radius 1 is 1.65 bits per heavy atom. The number of thiophene rings is 1. The third-order valence-corrected chi connectivity index (χ3v) is 4.42. The van der Waals surface area contributed by atoms with E-state index in [1.54, 1.807) is 11.3 Å². The standard InChI is InChI=1S/C13H20N2OS/c1-15(8-3-7-14)13(16)11-4-2-5-12-10(11)6-9-17-12/h6,9,11H,2-5,7-8,14H2,1H3. The zero-order valence-electron chi connectivity index (χ0n) is 10.3. The summed E-state index contributed by atoms with van der Waals surface area (Å²) in [5.74, 6) is 0.352. The van der Waals surface area contributed by atoms with Gasteiger partial charge in [-0.15, -0.1) is 11.3 Å². The number of nitrogens with two attached hydrogens (primary N) is 1. The molecule has 1 aromatic heterocycles. The highest BCUT2D eigenvalue weighted by Gasteiger charge is 2.28. The van der Waals surface area contributed by atoms with Crippen molar-refractivity contribution in [2.75, 3.05) is 20.1 Å². The number of hydrogen-bond donors (Lipinski definition) is 1. The number of likely N-dealkylation sites (N-methyl/N-ethyl adjacent to an activating group) is 1. The van der Waals surface area contributed by atoms with Crippen LogP contribution in [0.4, 0.5) is 0 Å². The van der Waals surface area contributed by atoms with Gasteiger partial charge in [0.25, 0.3) is 0 Å². The molecule has 1 unspecified atom stereocenters. The third-order valence-electron chi connectivity index (χ3n) is 3.42. The van der Waals surface area contributed by atoms with Crippen molar-refractivity contribution in [2.24, 2.45) is 5.73 Å². The van der Waals surface area contributed by atoms with Crippen LogP contribution in [0.25, 0.3) is 0 Å². The van der Waals surface area contributed by atoms with Gasteiger partial charge in [0, 0.05) is 18.5 Å². The number of rotatable bonds is 4. The van der Waals surface area contributed by atoms with Gasteiger partial charge >= 0.3 is 0 Å². The van der Waals surface area contributed by atoms with Gasteiger partial charge in [-0.3, -0.25) is 4.79 Å². The summed E-state index contributed by atoms with van der Waals surface area (Å²) >= 11 is 1.79. The SMILES string of the molecule is CN(CCCN)C(=O)C1CCCc2sccc21. The molecule has 0 aromatic carbocycles. The maximum atomic E-state index is 12.4. The minimum Gasteiger partial charge on any atom is -0.345 e. The van der Waals surface area contributed by atoms with Gasteiger partial charge in [-0.1, -0.05) is 0 Å². The van der Waals surface area contributed by atoms with E-state index in [0.29, 0.717) is 6.54 Å². The van der Waals surface area contributed by atoms with Gasteiger partial charge in [-0.25, -0.2) is 0 Å². The number of amides is 1. The summed E-state index contributed by atoms with van der Waals surface area (Å²) in [5.41, 5.74) is 6.75. The summed E-state index contributed by atoms with van der Waals surface area (Å²) in [6.45, 7) is 1.41. The molecule has 0 fully saturated rings. The Balaban J connectivity index is 2.06. The van der Waals surface area contributed by atoms with Crippen LogP contribution in [0.5, 0.6) is 0 Å². The lowest BCUT2D eigenvalue weighted by atomic mass is 9.87. The van der Waals surface area contributed by atoms with Crippen molar-refractivity contribution in [3.63, 3.8) is 0 Å². The Hall–Kier alpha value is -0.870. The molecule has 0 saturated heterocycles. The van der Waals surface area contributed by atoms with Crippen molar-refractivity contribution < 1.29 is 4.79 Å². The molecular weight excluding hydrogens is 232 g/mol. The van der Waals surface area contributed by atoms with Crippen molar-refractivity contribution in [1.29, 1.82) is 0 Å². The fourth-order valence-corrected chi connectivity index (χ4v) is 3.44. The molecule has 3 nitrogen and oxygen atoms in total. The summed E-state index contributed by atoms with van der Waals surface area (Å²) in [6.07, 6.45) is 4.15. The van der Waals surface area contributed by atoms with Gasteiger partial charge in [-0.2, -0.15) is 0 Å². The van der Waals surface area contributed by atoms with E-state index in [4.69, 9.17) is 5.73 Å². The van der Waals surface area contributed by atoms with E-state index in [2.05, 4.69) is 11.4 Å². The highest BCUT2D eigenvalue weighted by atomic mass is 32.1. The minimum absolute atomic E-state index is 0.0905. The second-order valence-electron chi connectivity index (χ2n) is 4.65. The molecule has 0 radical (unpaired) electrons. The van der Waals surface area contributed by atoms with Gasteiger partial charge in [-0.05, 0) is 49.2 Å². The lowest BCUT2D eigenvalue weighted by Gasteiger charge is -2.26. The van der Waals surface area contributed by atoms with Gasteiger partial charge in [0.15, 0.2) is 0 Å². The smallest absolute Gasteiger partial charge is 0.229 e. The highest BCUT2D eigenvalue weighted by molar-refractivity contribution is 7.10. The van der Waals surface area contributed by atoms with Crippen LogP contribution in [0.3, 0.4) is 0 Å². The van der Waals surface area contributed by atoms with E-state index in [-0.39, 0.29) is 11.8 Å². The van der Waals surface area contributed by atoms with Crippen LogP contribution < -0.4 is 5.73 Å². The molecule has 1 heterocycles. The molecule has 94 valence electrons. The van der Waals surface area contributed by atoms with E-state index in [9.17, 15) is 4.79 Å². The number of fused-ring (bicyclic) bond motifs is 1. The number of carbonyl (C=O) groups excluding carboxylic acids is 1. The Morgan fingerprint density at radius 3 is 3.24 bits per heavy atom. The molecule has 2 rings (SSSR count). The van der Waals surface area contributed by atoms with Gasteiger partial charge in [0.05, 0.1) is 5.92 Å². The van der Waals surface area contributed by atoms with Crippen LogP contribution >= 0.6 is 11.3 Å². The average Bonchev–Trinajstić information content (AvgIpc) is 2.82. The zero-order valence-corrected chi connectivity index (χ0v) is 11.1. The Labute approximate surface area is 107 Å². The quantitative estimate of drug-likeness (QED) is 0.890. The number of aryl methyl sites for hydroxylation is 1. The van der Waals surface area contributed by atoms with E-state index < -0.39 is 0 Å². The summed E-state index contributed by atoms with van der Waals surface area (Å²) in [6, 6.07) is 2.12. The van der Waals surface area contributed by atoms with Crippen molar-refractivity contribution >= 4 is 17.2 Å². The van der Waals surface area contributed by atoms with Crippen LogP contribution in [0.1, 0.15) is 35.6 Å². The molecule has 0 aliphatic heterocycles. The molecule has 0 spiro atoms. The monoisotopic (exact) mass is 252 g/mol. The zero-order chi connectivity index (χ0) is 12.3. The van der Waals surface area contributed by atoms with Crippen LogP contribution in [0.2, 0.25) is 0 Å². The molecule has 1 atom stereocenters. The first kappa shape index (κ1) is 12.6. The Bertz CT molecular complexity index is 389. The fourth-order valence-electron chi connectivity index (χ4n) is 2.45. The molecule has 1 aliphatic rings. The van der Waals surface area contributed by atoms with Crippen LogP contribution in [0.15, 0.2) is 11.4 Å². The van der Waals surface area contributed by atoms with Gasteiger partial charge < -0.3 is 10.6 Å². The summed E-state index contributed by atoms with van der Waals surface area (Å²) < 4.78 is 0. The van der Waals surface area contributed by atoms with Gasteiger partial charge in [0.2, 0.25) is 5.91 Å².